The first-order valence-corrected chi connectivity index (χ1v) is 12.7. The van der Waals surface area contributed by atoms with Crippen molar-refractivity contribution in [1.29, 1.82) is 0 Å². The molecule has 7 nitrogen and oxygen atoms in total. The molecule has 4 saturated carbocycles. The number of hydrogen-bond acceptors (Lipinski definition) is 4. The molecule has 0 aromatic carbocycles. The third-order valence-electron chi connectivity index (χ3n) is 8.42. The Kier molecular flexibility index (Phi) is 4.49. The molecule has 5 fully saturated rings. The summed E-state index contributed by atoms with van der Waals surface area (Å²) in [5.41, 5.74) is 2.02. The van der Waals surface area contributed by atoms with E-state index in [9.17, 15) is 4.79 Å². The van der Waals surface area contributed by atoms with E-state index in [4.69, 9.17) is 4.74 Å². The molecule has 1 amide bonds. The molecule has 0 N–H and O–H groups in total. The second-order valence-electron chi connectivity index (χ2n) is 11.0. The van der Waals surface area contributed by atoms with Gasteiger partial charge in [0.05, 0.1) is 17.8 Å². The Balaban J connectivity index is 1.09. The van der Waals surface area contributed by atoms with Crippen LogP contribution in [0.1, 0.15) is 85.6 Å². The van der Waals surface area contributed by atoms with Crippen molar-refractivity contribution >= 4 is 5.91 Å². The highest BCUT2D eigenvalue weighted by Crippen LogP contribution is 2.45. The Morgan fingerprint density at radius 1 is 1.06 bits per heavy atom. The number of amides is 1. The summed E-state index contributed by atoms with van der Waals surface area (Å²) >= 11 is 0. The van der Waals surface area contributed by atoms with Crippen LogP contribution >= 0.6 is 0 Å². The first-order valence-electron chi connectivity index (χ1n) is 12.7. The van der Waals surface area contributed by atoms with Crippen LogP contribution in [0.3, 0.4) is 0 Å². The predicted molar refractivity (Wildman–Crippen MR) is 118 cm³/mol. The highest BCUT2D eigenvalue weighted by atomic mass is 16.5. The molecule has 0 unspecified atom stereocenters. The van der Waals surface area contributed by atoms with Gasteiger partial charge in [0.25, 0.3) is 5.91 Å². The van der Waals surface area contributed by atoms with Crippen molar-refractivity contribution in [2.24, 2.45) is 17.8 Å². The summed E-state index contributed by atoms with van der Waals surface area (Å²) in [6, 6.07) is 4.79. The summed E-state index contributed by atoms with van der Waals surface area (Å²) in [6.45, 7) is 2.59. The van der Waals surface area contributed by atoms with Gasteiger partial charge >= 0.3 is 0 Å². The quantitative estimate of drug-likeness (QED) is 0.663. The van der Waals surface area contributed by atoms with E-state index in [2.05, 4.69) is 36.9 Å². The predicted octanol–water partition coefficient (Wildman–Crippen LogP) is 3.81. The summed E-state index contributed by atoms with van der Waals surface area (Å²) in [5, 5.41) is 9.02. The second kappa shape index (κ2) is 7.44. The maximum atomic E-state index is 13.4. The lowest BCUT2D eigenvalue weighted by atomic mass is 9.77. The number of aromatic nitrogens is 4. The van der Waals surface area contributed by atoms with Gasteiger partial charge in [0, 0.05) is 44.0 Å². The van der Waals surface area contributed by atoms with E-state index < -0.39 is 0 Å². The van der Waals surface area contributed by atoms with Gasteiger partial charge in [0.2, 0.25) is 0 Å². The Hall–Kier alpha value is -2.15. The van der Waals surface area contributed by atoms with Crippen LogP contribution in [0, 0.1) is 17.8 Å². The lowest BCUT2D eigenvalue weighted by molar-refractivity contribution is -0.0375. The Morgan fingerprint density at radius 2 is 1.88 bits per heavy atom. The molecule has 0 spiro atoms. The number of carbonyl (C=O) groups is 1. The van der Waals surface area contributed by atoms with Crippen molar-refractivity contribution in [3.8, 4) is 0 Å². The monoisotopic (exact) mass is 435 g/mol. The van der Waals surface area contributed by atoms with Crippen LogP contribution in [0.15, 0.2) is 24.5 Å². The second-order valence-corrected chi connectivity index (χ2v) is 11.0. The maximum absolute atomic E-state index is 13.4. The molecule has 2 aromatic rings. The molecular weight excluding hydrogens is 402 g/mol. The van der Waals surface area contributed by atoms with Gasteiger partial charge in [0.1, 0.15) is 5.69 Å². The van der Waals surface area contributed by atoms with Gasteiger partial charge in [-0.3, -0.25) is 4.79 Å². The molecule has 2 aromatic heterocycles. The van der Waals surface area contributed by atoms with Gasteiger partial charge in [-0.1, -0.05) is 5.21 Å². The molecule has 4 atom stereocenters. The van der Waals surface area contributed by atoms with E-state index in [1.165, 1.54) is 38.5 Å². The number of likely N-dealkylation sites (tertiary alicyclic amines) is 1. The van der Waals surface area contributed by atoms with Crippen molar-refractivity contribution in [3.63, 3.8) is 0 Å². The first-order chi connectivity index (χ1) is 15.7. The van der Waals surface area contributed by atoms with Crippen LogP contribution < -0.4 is 0 Å². The van der Waals surface area contributed by atoms with Crippen LogP contribution in [-0.2, 0) is 4.74 Å². The molecule has 0 radical (unpaired) electrons. The Morgan fingerprint density at radius 3 is 2.62 bits per heavy atom. The molecule has 5 aliphatic rings. The molecule has 170 valence electrons. The van der Waals surface area contributed by atoms with E-state index in [0.29, 0.717) is 23.8 Å². The third kappa shape index (κ3) is 3.58. The van der Waals surface area contributed by atoms with Gasteiger partial charge < -0.3 is 14.2 Å². The number of fused-ring (bicyclic) bond motifs is 1. The zero-order chi connectivity index (χ0) is 21.2. The van der Waals surface area contributed by atoms with Crippen molar-refractivity contribution in [3.05, 3.63) is 35.9 Å². The van der Waals surface area contributed by atoms with Crippen molar-refractivity contribution in [2.45, 2.75) is 75.5 Å². The summed E-state index contributed by atoms with van der Waals surface area (Å²) in [7, 11) is 0. The first kappa shape index (κ1) is 19.3. The van der Waals surface area contributed by atoms with Crippen LogP contribution in [0.5, 0.6) is 0 Å². The van der Waals surface area contributed by atoms with E-state index >= 15 is 0 Å². The van der Waals surface area contributed by atoms with Gasteiger partial charge in [-0.2, -0.15) is 0 Å². The summed E-state index contributed by atoms with van der Waals surface area (Å²) in [6.07, 6.45) is 14.0. The van der Waals surface area contributed by atoms with Crippen LogP contribution in [0.4, 0.5) is 0 Å². The van der Waals surface area contributed by atoms with E-state index in [0.717, 1.165) is 49.8 Å². The number of rotatable bonds is 7. The highest BCUT2D eigenvalue weighted by Gasteiger charge is 2.46. The largest absolute Gasteiger partial charge is 0.376 e. The molecule has 32 heavy (non-hydrogen) atoms. The molecule has 4 aliphatic carbocycles. The van der Waals surface area contributed by atoms with E-state index in [-0.39, 0.29) is 18.1 Å². The molecule has 1 saturated heterocycles. The highest BCUT2D eigenvalue weighted by molar-refractivity contribution is 5.93. The average Bonchev–Trinajstić information content (AvgIpc) is 3.77. The summed E-state index contributed by atoms with van der Waals surface area (Å²) < 4.78 is 10.8. The Labute approximate surface area is 189 Å². The minimum atomic E-state index is 0.177. The molecular formula is C25H33N5O2. The van der Waals surface area contributed by atoms with E-state index in [1.54, 1.807) is 0 Å². The molecule has 0 bridgehead atoms. The molecule has 7 rings (SSSR count). The van der Waals surface area contributed by atoms with Crippen LogP contribution in [-0.4, -0.2) is 56.2 Å². The standard InChI is InChI=1S/C25H33N5O2/c31-25(22-2-1-9-29(22)20-7-8-20)28-12-18-10-23(30-14-21(26-27-30)17-5-6-17)24(11-19(18)13-28)32-15-16-3-4-16/h1-2,9,14,16-20,23-24H,3-8,10-13,15H2/t18-,19+,23-,24-/m1/s1. The van der Waals surface area contributed by atoms with Crippen molar-refractivity contribution in [1.82, 2.24) is 24.5 Å². The minimum Gasteiger partial charge on any atom is -0.376 e. The smallest absolute Gasteiger partial charge is 0.270 e. The van der Waals surface area contributed by atoms with Crippen molar-refractivity contribution in [2.75, 3.05) is 19.7 Å². The number of nitrogens with zero attached hydrogens (tertiary/aromatic N) is 5. The topological polar surface area (TPSA) is 65.2 Å². The number of carbonyl (C=O) groups excluding carboxylic acids is 1. The number of ether oxygens (including phenoxy) is 1. The fourth-order valence-electron chi connectivity index (χ4n) is 5.98. The molecule has 1 aliphatic heterocycles. The zero-order valence-corrected chi connectivity index (χ0v) is 18.7. The fraction of sp³-hybridized carbons (Fsp3) is 0.720. The average molecular weight is 436 g/mol. The SMILES string of the molecule is O=C(c1cccn1C1CC1)N1C[C@H]2C[C@@H](n3cc(C4CC4)nn3)[C@H](OCC3CC3)C[C@H]2C1. The summed E-state index contributed by atoms with van der Waals surface area (Å²) in [4.78, 5) is 15.5. The van der Waals surface area contributed by atoms with Gasteiger partial charge in [-0.15, -0.1) is 5.10 Å². The van der Waals surface area contributed by atoms with Crippen molar-refractivity contribution < 1.29 is 9.53 Å². The Bertz CT molecular complexity index is 1000. The van der Waals surface area contributed by atoms with Crippen LogP contribution in [0.2, 0.25) is 0 Å². The molecule has 3 heterocycles. The zero-order valence-electron chi connectivity index (χ0n) is 18.7. The van der Waals surface area contributed by atoms with Gasteiger partial charge in [-0.25, -0.2) is 4.68 Å². The summed E-state index contributed by atoms with van der Waals surface area (Å²) in [5.74, 6) is 2.62. The third-order valence-corrected chi connectivity index (χ3v) is 8.42. The number of hydrogen-bond donors (Lipinski definition) is 0. The van der Waals surface area contributed by atoms with E-state index in [1.807, 2.05) is 12.1 Å². The fourth-order valence-corrected chi connectivity index (χ4v) is 5.98. The lowest BCUT2D eigenvalue weighted by Crippen LogP contribution is -2.38. The minimum absolute atomic E-state index is 0.177. The lowest BCUT2D eigenvalue weighted by Gasteiger charge is -2.37. The van der Waals surface area contributed by atoms with Gasteiger partial charge in [-0.05, 0) is 81.3 Å². The normalized spacial score (nSPS) is 32.3. The van der Waals surface area contributed by atoms with Gasteiger partial charge in [0.15, 0.2) is 0 Å². The van der Waals surface area contributed by atoms with Crippen LogP contribution in [0.25, 0.3) is 0 Å². The maximum Gasteiger partial charge on any atom is 0.270 e. The molecule has 7 heteroatoms.